The lowest BCUT2D eigenvalue weighted by atomic mass is 10.2. The van der Waals surface area contributed by atoms with Crippen molar-refractivity contribution in [1.82, 2.24) is 10.6 Å². The maximum absolute atomic E-state index is 12.0. The molecule has 7 nitrogen and oxygen atoms in total. The number of benzene rings is 2. The second-order valence-electron chi connectivity index (χ2n) is 5.73. The second-order valence-corrected chi connectivity index (χ2v) is 6.57. The van der Waals surface area contributed by atoms with E-state index in [-0.39, 0.29) is 24.3 Å². The summed E-state index contributed by atoms with van der Waals surface area (Å²) in [6, 6.07) is 11.1. The summed E-state index contributed by atoms with van der Waals surface area (Å²) >= 11 is 11.8. The molecule has 0 fully saturated rings. The number of carbonyl (C=O) groups excluding carboxylic acids is 3. The highest BCUT2D eigenvalue weighted by Crippen LogP contribution is 2.27. The minimum absolute atomic E-state index is 0.156. The molecule has 9 heteroatoms. The molecule has 0 spiro atoms. The molecule has 0 atom stereocenters. The first-order valence-electron chi connectivity index (χ1n) is 8.35. The zero-order valence-electron chi connectivity index (χ0n) is 15.1. The molecular formula is C19H19Cl2N3O4. The zero-order chi connectivity index (χ0) is 20.5. The minimum atomic E-state index is -0.376. The third-order valence-electron chi connectivity index (χ3n) is 3.47. The normalized spacial score (nSPS) is 10.1. The first kappa shape index (κ1) is 21.5. The monoisotopic (exact) mass is 423 g/mol. The molecule has 0 aliphatic rings. The first-order valence-corrected chi connectivity index (χ1v) is 9.11. The van der Waals surface area contributed by atoms with Crippen LogP contribution >= 0.6 is 23.2 Å². The summed E-state index contributed by atoms with van der Waals surface area (Å²) in [5.74, 6) is -0.452. The molecule has 0 heterocycles. The number of nitrogens with one attached hydrogen (secondary N) is 3. The number of ether oxygens (including phenoxy) is 1. The summed E-state index contributed by atoms with van der Waals surface area (Å²) in [7, 11) is 0. The van der Waals surface area contributed by atoms with E-state index in [0.717, 1.165) is 0 Å². The van der Waals surface area contributed by atoms with E-state index in [9.17, 15) is 14.4 Å². The van der Waals surface area contributed by atoms with Gasteiger partial charge in [-0.2, -0.15) is 0 Å². The van der Waals surface area contributed by atoms with Gasteiger partial charge in [-0.3, -0.25) is 14.4 Å². The van der Waals surface area contributed by atoms with Gasteiger partial charge in [0.25, 0.3) is 11.8 Å². The fourth-order valence-electron chi connectivity index (χ4n) is 2.15. The fourth-order valence-corrected chi connectivity index (χ4v) is 2.62. The summed E-state index contributed by atoms with van der Waals surface area (Å²) in [5.41, 5.74) is 0.954. The van der Waals surface area contributed by atoms with Crippen LogP contribution in [0.15, 0.2) is 42.5 Å². The van der Waals surface area contributed by atoms with Crippen molar-refractivity contribution >= 4 is 46.6 Å². The topological polar surface area (TPSA) is 96.5 Å². The van der Waals surface area contributed by atoms with Crippen LogP contribution in [-0.2, 0) is 9.59 Å². The van der Waals surface area contributed by atoms with E-state index in [1.54, 1.807) is 36.4 Å². The average Bonchev–Trinajstić information content (AvgIpc) is 2.65. The Kier molecular flexibility index (Phi) is 8.10. The van der Waals surface area contributed by atoms with Crippen molar-refractivity contribution in [2.24, 2.45) is 0 Å². The quantitative estimate of drug-likeness (QED) is 0.568. The molecule has 0 aliphatic carbocycles. The molecule has 0 bridgehead atoms. The van der Waals surface area contributed by atoms with Gasteiger partial charge in [0, 0.05) is 36.3 Å². The van der Waals surface area contributed by atoms with Gasteiger partial charge in [0.05, 0.1) is 5.02 Å². The van der Waals surface area contributed by atoms with E-state index >= 15 is 0 Å². The molecule has 28 heavy (non-hydrogen) atoms. The summed E-state index contributed by atoms with van der Waals surface area (Å²) in [5, 5.41) is 8.71. The number of anilines is 1. The highest BCUT2D eigenvalue weighted by Gasteiger charge is 2.09. The molecule has 0 saturated heterocycles. The third kappa shape index (κ3) is 7.09. The van der Waals surface area contributed by atoms with Crippen molar-refractivity contribution in [3.63, 3.8) is 0 Å². The Morgan fingerprint density at radius 1 is 0.964 bits per heavy atom. The van der Waals surface area contributed by atoms with E-state index in [0.29, 0.717) is 40.1 Å². The number of hydrogen-bond donors (Lipinski definition) is 3. The molecule has 2 aromatic carbocycles. The van der Waals surface area contributed by atoms with Crippen molar-refractivity contribution in [2.45, 2.75) is 6.92 Å². The SMILES string of the molecule is CC(=O)NCCNC(=O)c1ccc(NC(=O)COc2ccc(Cl)cc2Cl)cc1. The average molecular weight is 424 g/mol. The van der Waals surface area contributed by atoms with Crippen LogP contribution in [0.3, 0.4) is 0 Å². The summed E-state index contributed by atoms with van der Waals surface area (Å²) in [6.07, 6.45) is 0. The van der Waals surface area contributed by atoms with Crippen LogP contribution < -0.4 is 20.7 Å². The van der Waals surface area contributed by atoms with Crippen LogP contribution in [0.4, 0.5) is 5.69 Å². The Bertz CT molecular complexity index is 857. The van der Waals surface area contributed by atoms with Crippen LogP contribution in [0.5, 0.6) is 5.75 Å². The Balaban J connectivity index is 1.80. The van der Waals surface area contributed by atoms with E-state index in [2.05, 4.69) is 16.0 Å². The predicted molar refractivity (Wildman–Crippen MR) is 108 cm³/mol. The molecule has 0 saturated carbocycles. The van der Waals surface area contributed by atoms with Crippen LogP contribution in [0, 0.1) is 0 Å². The van der Waals surface area contributed by atoms with Gasteiger partial charge in [0.1, 0.15) is 5.75 Å². The van der Waals surface area contributed by atoms with Gasteiger partial charge in [-0.1, -0.05) is 23.2 Å². The van der Waals surface area contributed by atoms with Crippen molar-refractivity contribution in [1.29, 1.82) is 0 Å². The molecular weight excluding hydrogens is 405 g/mol. The van der Waals surface area contributed by atoms with E-state index in [4.69, 9.17) is 27.9 Å². The lowest BCUT2D eigenvalue weighted by molar-refractivity contribution is -0.119. The Morgan fingerprint density at radius 2 is 1.64 bits per heavy atom. The van der Waals surface area contributed by atoms with Crippen molar-refractivity contribution in [3.8, 4) is 5.75 Å². The number of hydrogen-bond acceptors (Lipinski definition) is 4. The van der Waals surface area contributed by atoms with Gasteiger partial charge in [0.15, 0.2) is 6.61 Å². The number of carbonyl (C=O) groups is 3. The molecule has 2 aromatic rings. The number of amides is 3. The molecule has 3 amide bonds. The van der Waals surface area contributed by atoms with Crippen molar-refractivity contribution < 1.29 is 19.1 Å². The highest BCUT2D eigenvalue weighted by molar-refractivity contribution is 6.35. The van der Waals surface area contributed by atoms with Crippen molar-refractivity contribution in [3.05, 3.63) is 58.1 Å². The van der Waals surface area contributed by atoms with Gasteiger partial charge in [0.2, 0.25) is 5.91 Å². The fraction of sp³-hybridized carbons (Fsp3) is 0.211. The van der Waals surface area contributed by atoms with Gasteiger partial charge in [-0.25, -0.2) is 0 Å². The molecule has 0 aliphatic heterocycles. The molecule has 0 radical (unpaired) electrons. The van der Waals surface area contributed by atoms with Gasteiger partial charge in [-0.15, -0.1) is 0 Å². The number of halogens is 2. The standard InChI is InChI=1S/C19H19Cl2N3O4/c1-12(25)22-8-9-23-19(27)13-2-5-15(6-3-13)24-18(26)11-28-17-7-4-14(20)10-16(17)21/h2-7,10H,8-9,11H2,1H3,(H,22,25)(H,23,27)(H,24,26). The number of rotatable bonds is 8. The van der Waals surface area contributed by atoms with E-state index in [1.807, 2.05) is 0 Å². The third-order valence-corrected chi connectivity index (χ3v) is 4.00. The smallest absolute Gasteiger partial charge is 0.262 e. The maximum Gasteiger partial charge on any atom is 0.262 e. The van der Waals surface area contributed by atoms with Gasteiger partial charge >= 0.3 is 0 Å². The van der Waals surface area contributed by atoms with Gasteiger partial charge in [-0.05, 0) is 42.5 Å². The Labute approximate surface area is 172 Å². The minimum Gasteiger partial charge on any atom is -0.482 e. The Hall–Kier alpha value is -2.77. The highest BCUT2D eigenvalue weighted by atomic mass is 35.5. The maximum atomic E-state index is 12.0. The van der Waals surface area contributed by atoms with E-state index < -0.39 is 0 Å². The lowest BCUT2D eigenvalue weighted by Gasteiger charge is -2.10. The van der Waals surface area contributed by atoms with Gasteiger partial charge < -0.3 is 20.7 Å². The molecule has 0 aromatic heterocycles. The molecule has 2 rings (SSSR count). The molecule has 148 valence electrons. The van der Waals surface area contributed by atoms with Crippen LogP contribution in [0.1, 0.15) is 17.3 Å². The molecule has 3 N–H and O–H groups in total. The van der Waals surface area contributed by atoms with E-state index in [1.165, 1.54) is 13.0 Å². The second kappa shape index (κ2) is 10.5. The lowest BCUT2D eigenvalue weighted by Crippen LogP contribution is -2.33. The largest absolute Gasteiger partial charge is 0.482 e. The Morgan fingerprint density at radius 3 is 2.29 bits per heavy atom. The predicted octanol–water partition coefficient (Wildman–Crippen LogP) is 2.88. The molecule has 0 unspecified atom stereocenters. The zero-order valence-corrected chi connectivity index (χ0v) is 16.6. The van der Waals surface area contributed by atoms with Crippen molar-refractivity contribution in [2.75, 3.05) is 25.0 Å². The first-order chi connectivity index (χ1) is 13.3. The summed E-state index contributed by atoms with van der Waals surface area (Å²) < 4.78 is 5.36. The summed E-state index contributed by atoms with van der Waals surface area (Å²) in [6.45, 7) is 1.85. The van der Waals surface area contributed by atoms with Crippen LogP contribution in [-0.4, -0.2) is 37.4 Å². The summed E-state index contributed by atoms with van der Waals surface area (Å²) in [4.78, 5) is 34.7. The van der Waals surface area contributed by atoms with Crippen LogP contribution in [0.2, 0.25) is 10.0 Å². The van der Waals surface area contributed by atoms with Crippen LogP contribution in [0.25, 0.3) is 0 Å².